The van der Waals surface area contributed by atoms with Crippen molar-refractivity contribution < 1.29 is 4.74 Å². The van der Waals surface area contributed by atoms with Crippen molar-refractivity contribution in [3.63, 3.8) is 0 Å². The highest BCUT2D eigenvalue weighted by Gasteiger charge is 2.03. The molecule has 7 nitrogen and oxygen atoms in total. The van der Waals surface area contributed by atoms with Gasteiger partial charge in [0.2, 0.25) is 0 Å². The first-order chi connectivity index (χ1) is 13.7. The van der Waals surface area contributed by atoms with Crippen molar-refractivity contribution in [2.45, 2.75) is 19.8 Å². The first-order valence-electron chi connectivity index (χ1n) is 10.0. The summed E-state index contributed by atoms with van der Waals surface area (Å²) in [5.74, 6) is 0.864. The number of methoxy groups -OCH3 is 1. The number of halogens is 1. The van der Waals surface area contributed by atoms with E-state index in [0.717, 1.165) is 63.8 Å². The third kappa shape index (κ3) is 10.1. The summed E-state index contributed by atoms with van der Waals surface area (Å²) in [7, 11) is 3.86. The van der Waals surface area contributed by atoms with Gasteiger partial charge < -0.3 is 20.3 Å². The van der Waals surface area contributed by atoms with Crippen molar-refractivity contribution in [2.75, 3.05) is 53.5 Å². The Morgan fingerprint density at radius 1 is 1.21 bits per heavy atom. The number of rotatable bonds is 12. The van der Waals surface area contributed by atoms with Crippen LogP contribution in [0.1, 0.15) is 18.9 Å². The molecule has 0 amide bonds. The SMILES string of the molecule is CCNC(=NCCN(C)CCCOC)NCCc1cnn(-c2ccccc2)c1.I. The summed E-state index contributed by atoms with van der Waals surface area (Å²) in [6.45, 7) is 7.28. The lowest BCUT2D eigenvalue weighted by Gasteiger charge is -2.16. The van der Waals surface area contributed by atoms with Crippen LogP contribution in [0.15, 0.2) is 47.7 Å². The fourth-order valence-corrected chi connectivity index (χ4v) is 2.80. The van der Waals surface area contributed by atoms with Crippen molar-refractivity contribution in [3.8, 4) is 5.69 Å². The Labute approximate surface area is 191 Å². The maximum atomic E-state index is 5.09. The third-order valence-electron chi connectivity index (χ3n) is 4.35. The summed E-state index contributed by atoms with van der Waals surface area (Å²) in [6.07, 6.45) is 5.95. The Kier molecular flexibility index (Phi) is 13.3. The molecule has 0 saturated heterocycles. The Balaban J connectivity index is 0.00000420. The second-order valence-electron chi connectivity index (χ2n) is 6.72. The average Bonchev–Trinajstić information content (AvgIpc) is 3.18. The highest BCUT2D eigenvalue weighted by molar-refractivity contribution is 14.0. The maximum absolute atomic E-state index is 5.09. The monoisotopic (exact) mass is 514 g/mol. The van der Waals surface area contributed by atoms with Crippen LogP contribution in [0.25, 0.3) is 5.69 Å². The van der Waals surface area contributed by atoms with Gasteiger partial charge in [-0.2, -0.15) is 5.10 Å². The summed E-state index contributed by atoms with van der Waals surface area (Å²) >= 11 is 0. The summed E-state index contributed by atoms with van der Waals surface area (Å²) in [5, 5.41) is 11.2. The zero-order chi connectivity index (χ0) is 20.0. The predicted octanol–water partition coefficient (Wildman–Crippen LogP) is 2.56. The van der Waals surface area contributed by atoms with Crippen molar-refractivity contribution >= 4 is 29.9 Å². The third-order valence-corrected chi connectivity index (χ3v) is 4.35. The number of nitrogens with one attached hydrogen (secondary N) is 2. The van der Waals surface area contributed by atoms with Crippen molar-refractivity contribution in [1.29, 1.82) is 0 Å². The summed E-state index contributed by atoms with van der Waals surface area (Å²) in [5.41, 5.74) is 2.27. The molecule has 0 atom stereocenters. The van der Waals surface area contributed by atoms with E-state index in [1.54, 1.807) is 7.11 Å². The van der Waals surface area contributed by atoms with Crippen LogP contribution in [-0.2, 0) is 11.2 Å². The molecule has 2 rings (SSSR count). The Morgan fingerprint density at radius 2 is 2.00 bits per heavy atom. The van der Waals surface area contributed by atoms with Gasteiger partial charge in [-0.15, -0.1) is 24.0 Å². The minimum Gasteiger partial charge on any atom is -0.385 e. The summed E-state index contributed by atoms with van der Waals surface area (Å²) < 4.78 is 7.00. The second-order valence-corrected chi connectivity index (χ2v) is 6.72. The molecule has 2 N–H and O–H groups in total. The number of aliphatic imine (C=N–C) groups is 1. The van der Waals surface area contributed by atoms with E-state index in [-0.39, 0.29) is 24.0 Å². The topological polar surface area (TPSA) is 66.7 Å². The van der Waals surface area contributed by atoms with Gasteiger partial charge in [0, 0.05) is 46.1 Å². The molecule has 0 aliphatic rings. The predicted molar refractivity (Wildman–Crippen MR) is 131 cm³/mol. The van der Waals surface area contributed by atoms with E-state index in [1.165, 1.54) is 5.56 Å². The van der Waals surface area contributed by atoms with Crippen LogP contribution in [0.4, 0.5) is 0 Å². The number of guanidine groups is 1. The fourth-order valence-electron chi connectivity index (χ4n) is 2.80. The zero-order valence-electron chi connectivity index (χ0n) is 17.8. The van der Waals surface area contributed by atoms with Gasteiger partial charge in [-0.1, -0.05) is 18.2 Å². The molecule has 0 radical (unpaired) electrons. The molecular weight excluding hydrogens is 479 g/mol. The van der Waals surface area contributed by atoms with Crippen LogP contribution in [0.2, 0.25) is 0 Å². The minimum atomic E-state index is 0. The van der Waals surface area contributed by atoms with E-state index in [9.17, 15) is 0 Å². The maximum Gasteiger partial charge on any atom is 0.191 e. The van der Waals surface area contributed by atoms with Crippen LogP contribution in [0.5, 0.6) is 0 Å². The number of para-hydroxylation sites is 1. The highest BCUT2D eigenvalue weighted by Crippen LogP contribution is 2.07. The van der Waals surface area contributed by atoms with E-state index < -0.39 is 0 Å². The van der Waals surface area contributed by atoms with E-state index >= 15 is 0 Å². The molecule has 1 heterocycles. The molecule has 0 fully saturated rings. The minimum absolute atomic E-state index is 0. The standard InChI is InChI=1S/C21H34N6O.HI/c1-4-22-21(24-13-15-26(2)14-8-16-28-3)23-12-11-19-17-25-27(18-19)20-9-6-5-7-10-20;/h5-7,9-10,17-18H,4,8,11-16H2,1-3H3,(H2,22,23,24);1H. The summed E-state index contributed by atoms with van der Waals surface area (Å²) in [6, 6.07) is 10.2. The van der Waals surface area contributed by atoms with Gasteiger partial charge >= 0.3 is 0 Å². The van der Waals surface area contributed by atoms with Gasteiger partial charge in [0.25, 0.3) is 0 Å². The number of benzene rings is 1. The molecular formula is C21H35IN6O. The number of hydrogen-bond donors (Lipinski definition) is 2. The molecule has 1 aromatic heterocycles. The molecule has 0 unspecified atom stereocenters. The molecule has 0 aliphatic heterocycles. The number of aromatic nitrogens is 2. The van der Waals surface area contributed by atoms with Crippen molar-refractivity contribution in [3.05, 3.63) is 48.3 Å². The quantitative estimate of drug-likeness (QED) is 0.197. The first-order valence-corrected chi connectivity index (χ1v) is 10.0. The summed E-state index contributed by atoms with van der Waals surface area (Å²) in [4.78, 5) is 6.95. The lowest BCUT2D eigenvalue weighted by Crippen LogP contribution is -2.39. The van der Waals surface area contributed by atoms with Gasteiger partial charge in [-0.05, 0) is 44.5 Å². The van der Waals surface area contributed by atoms with Gasteiger partial charge in [0.05, 0.1) is 18.4 Å². The van der Waals surface area contributed by atoms with Crippen molar-refractivity contribution in [2.24, 2.45) is 4.99 Å². The van der Waals surface area contributed by atoms with Gasteiger partial charge in [0.15, 0.2) is 5.96 Å². The number of ether oxygens (including phenoxy) is 1. The van der Waals surface area contributed by atoms with E-state index in [2.05, 4.69) is 57.9 Å². The van der Waals surface area contributed by atoms with E-state index in [4.69, 9.17) is 4.74 Å². The lowest BCUT2D eigenvalue weighted by molar-refractivity contribution is 0.180. The Hall–Kier alpha value is -1.65. The highest BCUT2D eigenvalue weighted by atomic mass is 127. The van der Waals surface area contributed by atoms with Crippen LogP contribution >= 0.6 is 24.0 Å². The Morgan fingerprint density at radius 3 is 2.72 bits per heavy atom. The largest absolute Gasteiger partial charge is 0.385 e. The van der Waals surface area contributed by atoms with Gasteiger partial charge in [-0.25, -0.2) is 4.68 Å². The number of nitrogens with zero attached hydrogens (tertiary/aromatic N) is 4. The van der Waals surface area contributed by atoms with Gasteiger partial charge in [0.1, 0.15) is 0 Å². The Bertz CT molecular complexity index is 691. The van der Waals surface area contributed by atoms with E-state index in [1.807, 2.05) is 29.1 Å². The zero-order valence-corrected chi connectivity index (χ0v) is 20.1. The lowest BCUT2D eigenvalue weighted by atomic mass is 10.2. The van der Waals surface area contributed by atoms with Crippen LogP contribution in [0.3, 0.4) is 0 Å². The average molecular weight is 514 g/mol. The molecule has 162 valence electrons. The number of likely N-dealkylation sites (N-methyl/N-ethyl adjacent to an activating group) is 1. The molecule has 0 aliphatic carbocycles. The molecule has 1 aromatic carbocycles. The van der Waals surface area contributed by atoms with Crippen LogP contribution in [0, 0.1) is 0 Å². The molecule has 0 spiro atoms. The van der Waals surface area contributed by atoms with Crippen LogP contribution < -0.4 is 10.6 Å². The molecule has 0 bridgehead atoms. The molecule has 8 heteroatoms. The van der Waals surface area contributed by atoms with E-state index in [0.29, 0.717) is 0 Å². The van der Waals surface area contributed by atoms with Crippen molar-refractivity contribution in [1.82, 2.24) is 25.3 Å². The number of hydrogen-bond acceptors (Lipinski definition) is 4. The first kappa shape index (κ1) is 25.4. The second kappa shape index (κ2) is 15.2. The smallest absolute Gasteiger partial charge is 0.191 e. The molecule has 0 saturated carbocycles. The normalized spacial score (nSPS) is 11.4. The molecule has 2 aromatic rings. The van der Waals surface area contributed by atoms with Crippen LogP contribution in [-0.4, -0.2) is 74.1 Å². The molecule has 29 heavy (non-hydrogen) atoms. The van der Waals surface area contributed by atoms with Gasteiger partial charge in [-0.3, -0.25) is 4.99 Å². The fraction of sp³-hybridized carbons (Fsp3) is 0.524.